The van der Waals surface area contributed by atoms with Crippen LogP contribution < -0.4 is 5.32 Å². The number of sulfone groups is 1. The first-order valence-electron chi connectivity index (χ1n) is 9.68. The minimum Gasteiger partial charge on any atom is -0.348 e. The van der Waals surface area contributed by atoms with Crippen LogP contribution in [0.5, 0.6) is 0 Å². The normalized spacial score (nSPS) is 23.1. The summed E-state index contributed by atoms with van der Waals surface area (Å²) in [6, 6.07) is 8.42. The zero-order valence-electron chi connectivity index (χ0n) is 15.8. The fourth-order valence-electron chi connectivity index (χ4n) is 3.82. The maximum absolute atomic E-state index is 12.7. The molecule has 1 heterocycles. The van der Waals surface area contributed by atoms with E-state index in [1.807, 2.05) is 0 Å². The molecule has 2 unspecified atom stereocenters. The van der Waals surface area contributed by atoms with E-state index >= 15 is 0 Å². The van der Waals surface area contributed by atoms with Crippen molar-refractivity contribution >= 4 is 15.7 Å². The van der Waals surface area contributed by atoms with Gasteiger partial charge in [-0.2, -0.15) is 0 Å². The fraction of sp³-hybridized carbons (Fsp3) is 0.650. The Bertz CT molecular complexity index is 726. The molecule has 3 rings (SSSR count). The molecule has 1 saturated carbocycles. The van der Waals surface area contributed by atoms with Crippen molar-refractivity contribution < 1.29 is 13.2 Å². The molecule has 1 aliphatic heterocycles. The zero-order chi connectivity index (χ0) is 18.7. The predicted molar refractivity (Wildman–Crippen MR) is 104 cm³/mol. The van der Waals surface area contributed by atoms with Crippen LogP contribution in [0.25, 0.3) is 0 Å². The first-order valence-corrected chi connectivity index (χ1v) is 11.5. The molecule has 2 fully saturated rings. The average molecular weight is 379 g/mol. The second kappa shape index (κ2) is 8.09. The van der Waals surface area contributed by atoms with Crippen LogP contribution in [0.2, 0.25) is 0 Å². The number of hydrogen-bond acceptors (Lipinski definition) is 4. The smallest absolute Gasteiger partial charge is 0.234 e. The Hall–Kier alpha value is -1.40. The second-order valence-electron chi connectivity index (χ2n) is 7.82. The molecule has 0 aromatic heterocycles. The summed E-state index contributed by atoms with van der Waals surface area (Å²) in [6.07, 6.45) is 3.85. The van der Waals surface area contributed by atoms with Gasteiger partial charge in [-0.25, -0.2) is 8.42 Å². The molecule has 0 bridgehead atoms. The van der Waals surface area contributed by atoms with Crippen LogP contribution in [0.3, 0.4) is 0 Å². The van der Waals surface area contributed by atoms with E-state index in [0.29, 0.717) is 12.3 Å². The molecule has 1 aromatic carbocycles. The van der Waals surface area contributed by atoms with Crippen LogP contribution in [-0.2, 0) is 14.6 Å². The van der Waals surface area contributed by atoms with E-state index in [4.69, 9.17) is 0 Å². The molecule has 0 radical (unpaired) electrons. The fourth-order valence-corrected chi connectivity index (χ4v) is 5.58. The lowest BCUT2D eigenvalue weighted by Gasteiger charge is -2.28. The summed E-state index contributed by atoms with van der Waals surface area (Å²) in [5, 5.41) is 3.22. The molecule has 1 aromatic rings. The predicted octanol–water partition coefficient (Wildman–Crippen LogP) is 2.46. The topological polar surface area (TPSA) is 66.5 Å². The third-order valence-electron chi connectivity index (χ3n) is 5.43. The van der Waals surface area contributed by atoms with Gasteiger partial charge in [0.05, 0.1) is 24.1 Å². The quantitative estimate of drug-likeness (QED) is 0.755. The Labute approximate surface area is 157 Å². The van der Waals surface area contributed by atoms with Crippen molar-refractivity contribution in [1.29, 1.82) is 0 Å². The Morgan fingerprint density at radius 1 is 1.23 bits per heavy atom. The van der Waals surface area contributed by atoms with Crippen molar-refractivity contribution in [3.8, 4) is 0 Å². The van der Waals surface area contributed by atoms with Gasteiger partial charge >= 0.3 is 0 Å². The van der Waals surface area contributed by atoms with Crippen LogP contribution in [0, 0.1) is 12.8 Å². The summed E-state index contributed by atoms with van der Waals surface area (Å²) in [4.78, 5) is 14.8. The molecule has 6 heteroatoms. The Morgan fingerprint density at radius 2 is 1.92 bits per heavy atom. The Kier molecular flexibility index (Phi) is 6.03. The van der Waals surface area contributed by atoms with Gasteiger partial charge in [-0.15, -0.1) is 0 Å². The number of rotatable bonds is 8. The van der Waals surface area contributed by atoms with Crippen molar-refractivity contribution in [2.75, 3.05) is 24.6 Å². The van der Waals surface area contributed by atoms with E-state index in [2.05, 4.69) is 48.3 Å². The molecular formula is C20H30N2O3S. The monoisotopic (exact) mass is 378 g/mol. The number of carbonyl (C=O) groups excluding carboxylic acids is 1. The number of carbonyl (C=O) groups is 1. The molecule has 1 amide bonds. The minimum atomic E-state index is -2.94. The second-order valence-corrected chi connectivity index (χ2v) is 10.0. The van der Waals surface area contributed by atoms with E-state index in [-0.39, 0.29) is 36.0 Å². The van der Waals surface area contributed by atoms with Gasteiger partial charge in [0.2, 0.25) is 5.91 Å². The average Bonchev–Trinajstić information content (AvgIpc) is 3.36. The van der Waals surface area contributed by atoms with Crippen LogP contribution in [0.15, 0.2) is 24.3 Å². The molecule has 1 saturated heterocycles. The number of benzene rings is 1. The summed E-state index contributed by atoms with van der Waals surface area (Å²) < 4.78 is 23.6. The van der Waals surface area contributed by atoms with E-state index < -0.39 is 9.84 Å². The third-order valence-corrected chi connectivity index (χ3v) is 7.18. The Balaban J connectivity index is 1.64. The molecule has 2 atom stereocenters. The van der Waals surface area contributed by atoms with E-state index in [1.54, 1.807) is 0 Å². The number of nitrogens with zero attached hydrogens (tertiary/aromatic N) is 1. The first-order chi connectivity index (χ1) is 12.4. The van der Waals surface area contributed by atoms with Crippen molar-refractivity contribution in [2.24, 2.45) is 5.92 Å². The van der Waals surface area contributed by atoms with Gasteiger partial charge < -0.3 is 5.32 Å². The highest BCUT2D eigenvalue weighted by Crippen LogP contribution is 2.41. The highest BCUT2D eigenvalue weighted by molar-refractivity contribution is 7.91. The van der Waals surface area contributed by atoms with Gasteiger partial charge in [0, 0.05) is 6.04 Å². The van der Waals surface area contributed by atoms with Gasteiger partial charge in [-0.05, 0) is 50.6 Å². The molecule has 5 nitrogen and oxygen atoms in total. The molecule has 1 aliphatic carbocycles. The third kappa shape index (κ3) is 5.07. The van der Waals surface area contributed by atoms with Gasteiger partial charge in [0.25, 0.3) is 0 Å². The zero-order valence-corrected chi connectivity index (χ0v) is 16.6. The van der Waals surface area contributed by atoms with Crippen LogP contribution in [0.1, 0.15) is 49.8 Å². The molecule has 26 heavy (non-hydrogen) atoms. The Morgan fingerprint density at radius 3 is 2.46 bits per heavy atom. The minimum absolute atomic E-state index is 0.000206. The summed E-state index contributed by atoms with van der Waals surface area (Å²) in [5.41, 5.74) is 2.38. The molecule has 0 spiro atoms. The largest absolute Gasteiger partial charge is 0.348 e. The van der Waals surface area contributed by atoms with E-state index in [9.17, 15) is 13.2 Å². The van der Waals surface area contributed by atoms with Crippen LogP contribution in [0.4, 0.5) is 0 Å². The molecule has 144 valence electrons. The van der Waals surface area contributed by atoms with Crippen molar-refractivity contribution in [3.05, 3.63) is 35.4 Å². The molecular weight excluding hydrogens is 348 g/mol. The molecule has 1 N–H and O–H groups in total. The summed E-state index contributed by atoms with van der Waals surface area (Å²) in [6.45, 7) is 5.16. The number of amides is 1. The van der Waals surface area contributed by atoms with E-state index in [1.165, 1.54) is 5.56 Å². The maximum Gasteiger partial charge on any atom is 0.234 e. The van der Waals surface area contributed by atoms with Crippen molar-refractivity contribution in [3.63, 3.8) is 0 Å². The van der Waals surface area contributed by atoms with Crippen LogP contribution >= 0.6 is 0 Å². The summed E-state index contributed by atoms with van der Waals surface area (Å²) in [7, 11) is -2.94. The molecule has 2 aliphatic rings. The number of nitrogens with one attached hydrogen (secondary N) is 1. The SMILES string of the molecule is CCCN(CC(=O)NC(c1ccc(C)cc1)C1CC1)C1CCS(=O)(=O)C1. The summed E-state index contributed by atoms with van der Waals surface area (Å²) >= 11 is 0. The first kappa shape index (κ1) is 19.4. The van der Waals surface area contributed by atoms with Crippen LogP contribution in [-0.4, -0.2) is 49.9 Å². The van der Waals surface area contributed by atoms with Gasteiger partial charge in [0.1, 0.15) is 0 Å². The standard InChI is InChI=1S/C20H30N2O3S/c1-3-11-22(18-10-12-26(24,25)14-18)13-19(23)21-20(17-8-9-17)16-6-4-15(2)5-7-16/h4-7,17-18,20H,3,8-14H2,1-2H3,(H,21,23). The lowest BCUT2D eigenvalue weighted by atomic mass is 10.0. The van der Waals surface area contributed by atoms with Crippen molar-refractivity contribution in [1.82, 2.24) is 10.2 Å². The number of hydrogen-bond donors (Lipinski definition) is 1. The number of aryl methyl sites for hydroxylation is 1. The van der Waals surface area contributed by atoms with E-state index in [0.717, 1.165) is 31.4 Å². The van der Waals surface area contributed by atoms with Crippen molar-refractivity contribution in [2.45, 2.75) is 51.6 Å². The summed E-state index contributed by atoms with van der Waals surface area (Å²) in [5.74, 6) is 0.950. The van der Waals surface area contributed by atoms with Gasteiger partial charge in [-0.3, -0.25) is 9.69 Å². The van der Waals surface area contributed by atoms with Gasteiger partial charge in [0.15, 0.2) is 9.84 Å². The lowest BCUT2D eigenvalue weighted by Crippen LogP contribution is -2.45. The highest BCUT2D eigenvalue weighted by Gasteiger charge is 2.35. The lowest BCUT2D eigenvalue weighted by molar-refractivity contribution is -0.123. The van der Waals surface area contributed by atoms with Gasteiger partial charge in [-0.1, -0.05) is 36.8 Å². The maximum atomic E-state index is 12.7. The highest BCUT2D eigenvalue weighted by atomic mass is 32.2.